The summed E-state index contributed by atoms with van der Waals surface area (Å²) in [5.41, 5.74) is 6.32. The average molecular weight is 468 g/mol. The zero-order valence-corrected chi connectivity index (χ0v) is 19.8. The Balaban J connectivity index is 1.26. The summed E-state index contributed by atoms with van der Waals surface area (Å²) in [5, 5.41) is 3.26. The molecule has 1 atom stereocenters. The second-order valence-corrected chi connectivity index (χ2v) is 9.65. The predicted octanol–water partition coefficient (Wildman–Crippen LogP) is 6.42. The van der Waals surface area contributed by atoms with Gasteiger partial charge in [-0.05, 0) is 79.8 Å². The Morgan fingerprint density at radius 1 is 1.15 bits per heavy atom. The van der Waals surface area contributed by atoms with Gasteiger partial charge in [-0.3, -0.25) is 9.20 Å². The number of nitrogens with one attached hydrogen (secondary N) is 1. The van der Waals surface area contributed by atoms with Gasteiger partial charge in [-0.2, -0.15) is 0 Å². The lowest BCUT2D eigenvalue weighted by Crippen LogP contribution is -2.30. The lowest BCUT2D eigenvalue weighted by Gasteiger charge is -2.26. The van der Waals surface area contributed by atoms with Crippen molar-refractivity contribution < 1.29 is 9.53 Å². The van der Waals surface area contributed by atoms with E-state index in [-0.39, 0.29) is 11.9 Å². The molecule has 2 aromatic heterocycles. The third-order valence-electron chi connectivity index (χ3n) is 6.49. The number of nitrogens with zero attached hydrogens (tertiary/aromatic N) is 2. The van der Waals surface area contributed by atoms with E-state index in [4.69, 9.17) is 9.72 Å². The van der Waals surface area contributed by atoms with Crippen LogP contribution in [0.5, 0.6) is 5.75 Å². The number of fused-ring (bicyclic) bond motifs is 4. The number of carbonyl (C=O) groups excluding carboxylic acids is 1. The fourth-order valence-corrected chi connectivity index (χ4v) is 5.86. The van der Waals surface area contributed by atoms with E-state index in [0.717, 1.165) is 51.4 Å². The van der Waals surface area contributed by atoms with Crippen LogP contribution in [-0.2, 0) is 6.42 Å². The lowest BCUT2D eigenvalue weighted by molar-refractivity contribution is 0.0933. The van der Waals surface area contributed by atoms with E-state index in [1.165, 1.54) is 11.1 Å². The van der Waals surface area contributed by atoms with E-state index < -0.39 is 0 Å². The molecule has 170 valence electrons. The summed E-state index contributed by atoms with van der Waals surface area (Å²) < 4.78 is 8.69. The first-order valence-corrected chi connectivity index (χ1v) is 12.5. The van der Waals surface area contributed by atoms with Gasteiger partial charge in [0.1, 0.15) is 5.75 Å². The first-order valence-electron chi connectivity index (χ1n) is 11.7. The minimum atomic E-state index is -0.0234. The Kier molecular flexibility index (Phi) is 5.30. The molecule has 0 saturated carbocycles. The van der Waals surface area contributed by atoms with Crippen LogP contribution in [0.15, 0.2) is 72.9 Å². The topological polar surface area (TPSA) is 55.6 Å². The Hall–Kier alpha value is -3.64. The van der Waals surface area contributed by atoms with Gasteiger partial charge in [0.15, 0.2) is 4.96 Å². The van der Waals surface area contributed by atoms with Gasteiger partial charge >= 0.3 is 0 Å². The first-order chi connectivity index (χ1) is 16.7. The van der Waals surface area contributed by atoms with Crippen molar-refractivity contribution in [3.8, 4) is 17.0 Å². The zero-order chi connectivity index (χ0) is 23.1. The number of amides is 1. The molecular weight excluding hydrogens is 442 g/mol. The SMILES string of the molecule is CCOc1ccc(-c2cn3c(n2)sc2cc(C(=O)N[C@H]4CCCc5ccccc54)ccc23)cc1. The highest BCUT2D eigenvalue weighted by molar-refractivity contribution is 7.23. The number of aromatic nitrogens is 2. The number of aryl methyl sites for hydroxylation is 1. The molecular formula is C28H25N3O2S. The fraction of sp³-hybridized carbons (Fsp3) is 0.214. The second-order valence-electron chi connectivity index (χ2n) is 8.64. The third-order valence-corrected chi connectivity index (χ3v) is 7.51. The van der Waals surface area contributed by atoms with E-state index in [9.17, 15) is 4.79 Å². The van der Waals surface area contributed by atoms with E-state index in [1.54, 1.807) is 11.3 Å². The van der Waals surface area contributed by atoms with Crippen molar-refractivity contribution in [1.29, 1.82) is 0 Å². The highest BCUT2D eigenvalue weighted by atomic mass is 32.1. The fourth-order valence-electron chi connectivity index (χ4n) is 4.82. The number of benzene rings is 3. The maximum absolute atomic E-state index is 13.1. The normalized spacial score (nSPS) is 15.4. The summed E-state index contributed by atoms with van der Waals surface area (Å²) in [6.45, 7) is 2.63. The molecule has 6 rings (SSSR count). The standard InChI is InChI=1S/C28H25N3O2S/c1-2-33-21-13-10-19(11-14-21)24-17-31-25-15-12-20(16-26(25)34-28(31)30-24)27(32)29-23-9-5-7-18-6-3-4-8-22(18)23/h3-4,6,8,10-17,23H,2,5,7,9H2,1H3,(H,29,32)/t23-/m0/s1. The monoisotopic (exact) mass is 467 g/mol. The van der Waals surface area contributed by atoms with Crippen molar-refractivity contribution >= 4 is 32.4 Å². The Labute approximate surface area is 202 Å². The molecule has 0 spiro atoms. The van der Waals surface area contributed by atoms with Crippen molar-refractivity contribution in [1.82, 2.24) is 14.7 Å². The highest BCUT2D eigenvalue weighted by Crippen LogP contribution is 2.32. The number of hydrogen-bond donors (Lipinski definition) is 1. The molecule has 1 aliphatic rings. The molecule has 0 fully saturated rings. The molecule has 0 aliphatic heterocycles. The van der Waals surface area contributed by atoms with E-state index >= 15 is 0 Å². The summed E-state index contributed by atoms with van der Waals surface area (Å²) in [6, 6.07) is 22.4. The molecule has 0 bridgehead atoms. The Bertz CT molecular complexity index is 1500. The number of hydrogen-bond acceptors (Lipinski definition) is 4. The van der Waals surface area contributed by atoms with Crippen LogP contribution in [0.1, 0.15) is 47.3 Å². The van der Waals surface area contributed by atoms with Gasteiger partial charge in [-0.1, -0.05) is 35.6 Å². The van der Waals surface area contributed by atoms with Crippen molar-refractivity contribution in [3.63, 3.8) is 0 Å². The molecule has 1 N–H and O–H groups in total. The molecule has 6 heteroatoms. The van der Waals surface area contributed by atoms with E-state index in [1.807, 2.05) is 49.4 Å². The second kappa shape index (κ2) is 8.61. The number of ether oxygens (including phenoxy) is 1. The van der Waals surface area contributed by atoms with Crippen molar-refractivity contribution in [3.05, 3.63) is 89.6 Å². The summed E-state index contributed by atoms with van der Waals surface area (Å²) in [7, 11) is 0. The Morgan fingerprint density at radius 2 is 2.00 bits per heavy atom. The van der Waals surface area contributed by atoms with Crippen molar-refractivity contribution in [2.45, 2.75) is 32.2 Å². The molecule has 5 nitrogen and oxygen atoms in total. The molecule has 0 saturated heterocycles. The summed E-state index contributed by atoms with van der Waals surface area (Å²) in [6.07, 6.45) is 5.22. The Morgan fingerprint density at radius 3 is 2.85 bits per heavy atom. The predicted molar refractivity (Wildman–Crippen MR) is 137 cm³/mol. The highest BCUT2D eigenvalue weighted by Gasteiger charge is 2.22. The van der Waals surface area contributed by atoms with Gasteiger partial charge in [0, 0.05) is 17.3 Å². The largest absolute Gasteiger partial charge is 0.494 e. The average Bonchev–Trinajstić information content (AvgIpc) is 3.43. The van der Waals surface area contributed by atoms with E-state index in [0.29, 0.717) is 12.2 Å². The van der Waals surface area contributed by atoms with Crippen LogP contribution < -0.4 is 10.1 Å². The number of rotatable bonds is 5. The van der Waals surface area contributed by atoms with Crippen molar-refractivity contribution in [2.75, 3.05) is 6.61 Å². The lowest BCUT2D eigenvalue weighted by atomic mass is 9.87. The van der Waals surface area contributed by atoms with Gasteiger partial charge in [0.2, 0.25) is 0 Å². The maximum Gasteiger partial charge on any atom is 0.251 e. The molecule has 0 radical (unpaired) electrons. The summed E-state index contributed by atoms with van der Waals surface area (Å²) in [4.78, 5) is 18.8. The number of imidazole rings is 1. The quantitative estimate of drug-likeness (QED) is 0.324. The molecule has 1 amide bonds. The molecule has 34 heavy (non-hydrogen) atoms. The van der Waals surface area contributed by atoms with Crippen LogP contribution in [0.3, 0.4) is 0 Å². The van der Waals surface area contributed by atoms with Gasteiger partial charge in [0.25, 0.3) is 5.91 Å². The zero-order valence-electron chi connectivity index (χ0n) is 19.0. The first kappa shape index (κ1) is 20.9. The minimum Gasteiger partial charge on any atom is -0.494 e. The van der Waals surface area contributed by atoms with Crippen LogP contribution in [0.2, 0.25) is 0 Å². The van der Waals surface area contributed by atoms with Gasteiger partial charge in [-0.15, -0.1) is 0 Å². The van der Waals surface area contributed by atoms with Crippen molar-refractivity contribution in [2.24, 2.45) is 0 Å². The number of thiazole rings is 1. The van der Waals surface area contributed by atoms with Crippen LogP contribution in [0.25, 0.3) is 26.4 Å². The van der Waals surface area contributed by atoms with Crippen LogP contribution in [0.4, 0.5) is 0 Å². The minimum absolute atomic E-state index is 0.0234. The molecule has 1 aliphatic carbocycles. The maximum atomic E-state index is 13.1. The smallest absolute Gasteiger partial charge is 0.251 e. The van der Waals surface area contributed by atoms with Gasteiger partial charge < -0.3 is 10.1 Å². The molecule has 3 aromatic carbocycles. The molecule has 0 unspecified atom stereocenters. The molecule has 2 heterocycles. The molecule has 5 aromatic rings. The van der Waals surface area contributed by atoms with Crippen LogP contribution in [0, 0.1) is 0 Å². The van der Waals surface area contributed by atoms with Gasteiger partial charge in [-0.25, -0.2) is 4.98 Å². The van der Waals surface area contributed by atoms with Crippen LogP contribution in [-0.4, -0.2) is 21.9 Å². The summed E-state index contributed by atoms with van der Waals surface area (Å²) >= 11 is 1.60. The van der Waals surface area contributed by atoms with Crippen LogP contribution >= 0.6 is 11.3 Å². The third kappa shape index (κ3) is 3.74. The summed E-state index contributed by atoms with van der Waals surface area (Å²) in [5.74, 6) is 0.838. The van der Waals surface area contributed by atoms with Gasteiger partial charge in [0.05, 0.1) is 28.6 Å². The number of carbonyl (C=O) groups is 1. The van der Waals surface area contributed by atoms with E-state index in [2.05, 4.69) is 40.2 Å².